The van der Waals surface area contributed by atoms with Gasteiger partial charge in [-0.25, -0.2) is 4.39 Å². The van der Waals surface area contributed by atoms with Gasteiger partial charge in [-0.05, 0) is 13.0 Å². The fourth-order valence-electron chi connectivity index (χ4n) is 1.23. The Hall–Kier alpha value is -1.71. The molecule has 0 bridgehead atoms. The SMILES string of the molecule is CCn1cc(-c2cc(F)ccn2)cn1. The van der Waals surface area contributed by atoms with Gasteiger partial charge < -0.3 is 0 Å². The molecule has 2 aromatic heterocycles. The first kappa shape index (κ1) is 8.87. The molecule has 0 unspecified atom stereocenters. The van der Waals surface area contributed by atoms with Crippen molar-refractivity contribution >= 4 is 0 Å². The van der Waals surface area contributed by atoms with Crippen molar-refractivity contribution in [2.75, 3.05) is 0 Å². The van der Waals surface area contributed by atoms with Gasteiger partial charge in [-0.1, -0.05) is 0 Å². The van der Waals surface area contributed by atoms with Crippen LogP contribution >= 0.6 is 0 Å². The second-order valence-corrected chi connectivity index (χ2v) is 2.94. The summed E-state index contributed by atoms with van der Waals surface area (Å²) in [6, 6.07) is 2.73. The Balaban J connectivity index is 2.39. The van der Waals surface area contributed by atoms with Gasteiger partial charge in [-0.3, -0.25) is 9.67 Å². The molecule has 3 nitrogen and oxygen atoms in total. The van der Waals surface area contributed by atoms with Crippen molar-refractivity contribution in [3.05, 3.63) is 36.5 Å². The fraction of sp³-hybridized carbons (Fsp3) is 0.200. The summed E-state index contributed by atoms with van der Waals surface area (Å²) in [5, 5.41) is 4.09. The summed E-state index contributed by atoms with van der Waals surface area (Å²) in [5.41, 5.74) is 1.45. The first-order valence-electron chi connectivity index (χ1n) is 4.44. The van der Waals surface area contributed by atoms with E-state index < -0.39 is 0 Å². The second kappa shape index (κ2) is 3.57. The van der Waals surface area contributed by atoms with Gasteiger partial charge in [-0.2, -0.15) is 5.10 Å². The molecular weight excluding hydrogens is 181 g/mol. The van der Waals surface area contributed by atoms with Crippen LogP contribution < -0.4 is 0 Å². The second-order valence-electron chi connectivity index (χ2n) is 2.94. The summed E-state index contributed by atoms with van der Waals surface area (Å²) in [6.07, 6.45) is 4.99. The van der Waals surface area contributed by atoms with Crippen LogP contribution in [0, 0.1) is 5.82 Å². The lowest BCUT2D eigenvalue weighted by atomic mass is 10.2. The van der Waals surface area contributed by atoms with Crippen molar-refractivity contribution in [2.45, 2.75) is 13.5 Å². The molecule has 72 valence electrons. The number of aromatic nitrogens is 3. The van der Waals surface area contributed by atoms with Crippen LogP contribution in [0.15, 0.2) is 30.7 Å². The maximum atomic E-state index is 12.9. The zero-order valence-electron chi connectivity index (χ0n) is 7.81. The molecule has 4 heteroatoms. The number of rotatable bonds is 2. The average Bonchev–Trinajstić information content (AvgIpc) is 2.66. The molecule has 0 atom stereocenters. The Bertz CT molecular complexity index is 436. The Kier molecular flexibility index (Phi) is 2.26. The molecule has 0 radical (unpaired) electrons. The average molecular weight is 191 g/mol. The molecule has 0 aromatic carbocycles. The largest absolute Gasteiger partial charge is 0.272 e. The number of pyridine rings is 1. The van der Waals surface area contributed by atoms with Crippen LogP contribution in [-0.2, 0) is 6.54 Å². The summed E-state index contributed by atoms with van der Waals surface area (Å²) >= 11 is 0. The van der Waals surface area contributed by atoms with Crippen LogP contribution in [0.4, 0.5) is 4.39 Å². The van der Waals surface area contributed by atoms with E-state index in [0.29, 0.717) is 5.69 Å². The van der Waals surface area contributed by atoms with Crippen LogP contribution in [0.2, 0.25) is 0 Å². The molecule has 2 heterocycles. The third-order valence-electron chi connectivity index (χ3n) is 1.97. The van der Waals surface area contributed by atoms with E-state index >= 15 is 0 Å². The maximum absolute atomic E-state index is 12.9. The van der Waals surface area contributed by atoms with Crippen LogP contribution in [0.5, 0.6) is 0 Å². The topological polar surface area (TPSA) is 30.7 Å². The monoisotopic (exact) mass is 191 g/mol. The summed E-state index contributed by atoms with van der Waals surface area (Å²) in [4.78, 5) is 4.06. The molecule has 0 aliphatic rings. The van der Waals surface area contributed by atoms with E-state index in [-0.39, 0.29) is 5.82 Å². The molecule has 2 aromatic rings. The minimum Gasteiger partial charge on any atom is -0.272 e. The maximum Gasteiger partial charge on any atom is 0.126 e. The Morgan fingerprint density at radius 2 is 2.36 bits per heavy atom. The zero-order valence-corrected chi connectivity index (χ0v) is 7.81. The molecule has 0 saturated heterocycles. The molecule has 0 N–H and O–H groups in total. The van der Waals surface area contributed by atoms with Gasteiger partial charge in [0.15, 0.2) is 0 Å². The van der Waals surface area contributed by atoms with E-state index in [0.717, 1.165) is 12.1 Å². The van der Waals surface area contributed by atoms with Gasteiger partial charge in [0.05, 0.1) is 11.9 Å². The molecule has 0 fully saturated rings. The van der Waals surface area contributed by atoms with Crippen LogP contribution in [0.25, 0.3) is 11.3 Å². The lowest BCUT2D eigenvalue weighted by molar-refractivity contribution is 0.626. The van der Waals surface area contributed by atoms with Crippen molar-refractivity contribution in [3.8, 4) is 11.3 Å². The summed E-state index contributed by atoms with van der Waals surface area (Å²) in [7, 11) is 0. The number of halogens is 1. The third kappa shape index (κ3) is 1.64. The summed E-state index contributed by atoms with van der Waals surface area (Å²) in [5.74, 6) is -0.278. The van der Waals surface area contributed by atoms with Gasteiger partial charge in [-0.15, -0.1) is 0 Å². The number of hydrogen-bond acceptors (Lipinski definition) is 2. The quantitative estimate of drug-likeness (QED) is 0.727. The highest BCUT2D eigenvalue weighted by molar-refractivity contribution is 5.56. The molecule has 0 saturated carbocycles. The molecular formula is C10H10FN3. The van der Waals surface area contributed by atoms with Crippen molar-refractivity contribution in [1.82, 2.24) is 14.8 Å². The van der Waals surface area contributed by atoms with E-state index in [9.17, 15) is 4.39 Å². The molecule has 0 spiro atoms. The Morgan fingerprint density at radius 3 is 3.00 bits per heavy atom. The first-order valence-corrected chi connectivity index (χ1v) is 4.44. The standard InChI is InChI=1S/C10H10FN3/c1-2-14-7-8(6-13-14)10-5-9(11)3-4-12-10/h3-7H,2H2,1H3. The molecule has 14 heavy (non-hydrogen) atoms. The Labute approximate surface area is 81.2 Å². The number of hydrogen-bond donors (Lipinski definition) is 0. The lowest BCUT2D eigenvalue weighted by Crippen LogP contribution is -1.92. The van der Waals surface area contributed by atoms with Crippen molar-refractivity contribution in [2.24, 2.45) is 0 Å². The van der Waals surface area contributed by atoms with Gasteiger partial charge >= 0.3 is 0 Å². The predicted molar refractivity (Wildman–Crippen MR) is 51.1 cm³/mol. The van der Waals surface area contributed by atoms with E-state index in [1.807, 2.05) is 13.1 Å². The van der Waals surface area contributed by atoms with Gasteiger partial charge in [0.25, 0.3) is 0 Å². The number of aryl methyl sites for hydroxylation is 1. The highest BCUT2D eigenvalue weighted by Crippen LogP contribution is 2.15. The van der Waals surface area contributed by atoms with Crippen molar-refractivity contribution in [3.63, 3.8) is 0 Å². The summed E-state index contributed by atoms with van der Waals surface area (Å²) < 4.78 is 14.7. The molecule has 2 rings (SSSR count). The van der Waals surface area contributed by atoms with E-state index in [1.165, 1.54) is 18.3 Å². The van der Waals surface area contributed by atoms with Crippen molar-refractivity contribution in [1.29, 1.82) is 0 Å². The smallest absolute Gasteiger partial charge is 0.126 e. The fourth-order valence-corrected chi connectivity index (χ4v) is 1.23. The zero-order chi connectivity index (χ0) is 9.97. The lowest BCUT2D eigenvalue weighted by Gasteiger charge is -1.95. The van der Waals surface area contributed by atoms with E-state index in [1.54, 1.807) is 10.9 Å². The molecule has 0 amide bonds. The van der Waals surface area contributed by atoms with Crippen molar-refractivity contribution < 1.29 is 4.39 Å². The van der Waals surface area contributed by atoms with Crippen LogP contribution in [-0.4, -0.2) is 14.8 Å². The minimum absolute atomic E-state index is 0.278. The summed E-state index contributed by atoms with van der Waals surface area (Å²) in [6.45, 7) is 2.80. The first-order chi connectivity index (χ1) is 6.79. The van der Waals surface area contributed by atoms with E-state index in [2.05, 4.69) is 10.1 Å². The predicted octanol–water partition coefficient (Wildman–Crippen LogP) is 2.10. The molecule has 0 aliphatic carbocycles. The van der Waals surface area contributed by atoms with Crippen LogP contribution in [0.1, 0.15) is 6.92 Å². The third-order valence-corrected chi connectivity index (χ3v) is 1.97. The van der Waals surface area contributed by atoms with Gasteiger partial charge in [0, 0.05) is 30.6 Å². The van der Waals surface area contributed by atoms with E-state index in [4.69, 9.17) is 0 Å². The highest BCUT2D eigenvalue weighted by Gasteiger charge is 2.02. The minimum atomic E-state index is -0.278. The highest BCUT2D eigenvalue weighted by atomic mass is 19.1. The van der Waals surface area contributed by atoms with Gasteiger partial charge in [0.1, 0.15) is 5.82 Å². The Morgan fingerprint density at radius 1 is 1.50 bits per heavy atom. The van der Waals surface area contributed by atoms with Crippen LogP contribution in [0.3, 0.4) is 0 Å². The number of nitrogens with zero attached hydrogens (tertiary/aromatic N) is 3. The molecule has 0 aliphatic heterocycles. The van der Waals surface area contributed by atoms with Gasteiger partial charge in [0.2, 0.25) is 0 Å². The normalized spacial score (nSPS) is 10.4.